The molecule has 0 spiro atoms. The predicted octanol–water partition coefficient (Wildman–Crippen LogP) is 4.38. The Hall–Kier alpha value is -3.92. The van der Waals surface area contributed by atoms with Crippen LogP contribution in [0.2, 0.25) is 0 Å². The minimum atomic E-state index is -0.654. The average Bonchev–Trinajstić information content (AvgIpc) is 3.08. The van der Waals surface area contributed by atoms with Crippen LogP contribution >= 0.6 is 0 Å². The van der Waals surface area contributed by atoms with Crippen molar-refractivity contribution in [2.45, 2.75) is 39.5 Å². The van der Waals surface area contributed by atoms with Gasteiger partial charge in [0.2, 0.25) is 0 Å². The number of fused-ring (bicyclic) bond motifs is 1. The molecule has 2 amide bonds. The molecule has 7 heteroatoms. The van der Waals surface area contributed by atoms with E-state index in [0.717, 1.165) is 17.7 Å². The van der Waals surface area contributed by atoms with Gasteiger partial charge in [0.1, 0.15) is 0 Å². The molecule has 0 saturated carbocycles. The quantitative estimate of drug-likeness (QED) is 0.245. The number of nitrogens with zero attached hydrogens (tertiary/aromatic N) is 1. The molecule has 7 nitrogen and oxygen atoms in total. The average molecular weight is 447 g/mol. The van der Waals surface area contributed by atoms with E-state index in [9.17, 15) is 19.2 Å². The van der Waals surface area contributed by atoms with E-state index in [0.29, 0.717) is 18.4 Å². The Bertz CT molecular complexity index is 1100. The van der Waals surface area contributed by atoms with E-state index in [1.807, 2.05) is 13.8 Å². The molecular formula is C26H25NO6. The summed E-state index contributed by atoms with van der Waals surface area (Å²) in [6.45, 7) is 4.37. The van der Waals surface area contributed by atoms with Gasteiger partial charge in [-0.25, -0.2) is 14.5 Å². The molecule has 0 fully saturated rings. The minimum absolute atomic E-state index is 0.0481. The summed E-state index contributed by atoms with van der Waals surface area (Å²) in [4.78, 5) is 52.2. The van der Waals surface area contributed by atoms with Crippen LogP contribution in [-0.4, -0.2) is 37.0 Å². The molecule has 2 aromatic carbocycles. The molecule has 3 rings (SSSR count). The highest BCUT2D eigenvalue weighted by molar-refractivity contribution is 6.34. The molecular weight excluding hydrogens is 422 g/mol. The van der Waals surface area contributed by atoms with Gasteiger partial charge >= 0.3 is 11.9 Å². The van der Waals surface area contributed by atoms with Crippen molar-refractivity contribution >= 4 is 29.4 Å². The third-order valence-electron chi connectivity index (χ3n) is 5.16. The third kappa shape index (κ3) is 5.12. The van der Waals surface area contributed by atoms with E-state index in [1.165, 1.54) is 30.3 Å². The van der Waals surface area contributed by atoms with Crippen LogP contribution in [0.15, 0.2) is 36.4 Å². The number of anilines is 1. The van der Waals surface area contributed by atoms with Gasteiger partial charge in [-0.05, 0) is 49.2 Å². The monoisotopic (exact) mass is 447 g/mol. The highest BCUT2D eigenvalue weighted by Gasteiger charge is 2.37. The van der Waals surface area contributed by atoms with Crippen LogP contribution in [0.1, 0.15) is 86.5 Å². The smallest absolute Gasteiger partial charge is 0.338 e. The molecule has 0 bridgehead atoms. The summed E-state index contributed by atoms with van der Waals surface area (Å²) in [5.41, 5.74) is 1.00. The van der Waals surface area contributed by atoms with Gasteiger partial charge in [0, 0.05) is 5.56 Å². The maximum absolute atomic E-state index is 13.1. The first kappa shape index (κ1) is 23.7. The lowest BCUT2D eigenvalue weighted by Gasteiger charge is -2.16. The number of benzene rings is 2. The summed E-state index contributed by atoms with van der Waals surface area (Å²) in [6, 6.07) is 8.61. The fraction of sp³-hybridized carbons (Fsp3) is 0.308. The summed E-state index contributed by atoms with van der Waals surface area (Å²) >= 11 is 0. The van der Waals surface area contributed by atoms with Crippen molar-refractivity contribution in [3.05, 3.63) is 64.2 Å². The normalized spacial score (nSPS) is 12.3. The molecule has 0 aliphatic carbocycles. The lowest BCUT2D eigenvalue weighted by Crippen LogP contribution is -2.30. The topological polar surface area (TPSA) is 90.0 Å². The number of ether oxygens (including phenoxy) is 2. The fourth-order valence-corrected chi connectivity index (χ4v) is 3.33. The van der Waals surface area contributed by atoms with Gasteiger partial charge in [-0.15, -0.1) is 6.42 Å². The number of carbonyl (C=O) groups is 4. The predicted molar refractivity (Wildman–Crippen MR) is 122 cm³/mol. The molecule has 0 atom stereocenters. The van der Waals surface area contributed by atoms with E-state index >= 15 is 0 Å². The first-order valence-corrected chi connectivity index (χ1v) is 10.9. The number of rotatable bonds is 9. The number of hydrogen-bond donors (Lipinski definition) is 0. The number of carbonyl (C=O) groups excluding carboxylic acids is 4. The second kappa shape index (κ2) is 10.6. The highest BCUT2D eigenvalue weighted by atomic mass is 16.5. The van der Waals surface area contributed by atoms with Gasteiger partial charge in [0.15, 0.2) is 0 Å². The van der Waals surface area contributed by atoms with Gasteiger partial charge in [0.25, 0.3) is 11.8 Å². The van der Waals surface area contributed by atoms with Crippen molar-refractivity contribution < 1.29 is 28.7 Å². The van der Waals surface area contributed by atoms with Crippen LogP contribution in [0.3, 0.4) is 0 Å². The van der Waals surface area contributed by atoms with E-state index in [1.54, 1.807) is 6.07 Å². The van der Waals surface area contributed by atoms with E-state index in [-0.39, 0.29) is 41.2 Å². The van der Waals surface area contributed by atoms with Crippen LogP contribution in [0.5, 0.6) is 0 Å². The summed E-state index contributed by atoms with van der Waals surface area (Å²) < 4.78 is 10.5. The number of unbranched alkanes of at least 4 members (excludes halogenated alkanes) is 2. The standard InChI is InChI=1S/C26H25NO6/c1-4-7-11-32-25(30)18-14-19(26(31)33-12-8-5-2)16-20(15-18)27-23(28)21-10-9-17(6-3)13-22(21)24(27)29/h3,9-10,13-16H,4-5,7-8,11-12H2,1-2H3. The number of terminal acetylenes is 1. The van der Waals surface area contributed by atoms with Gasteiger partial charge in [0.05, 0.1) is 41.2 Å². The van der Waals surface area contributed by atoms with Crippen LogP contribution < -0.4 is 4.90 Å². The van der Waals surface area contributed by atoms with Gasteiger partial charge in [-0.2, -0.15) is 0 Å². The van der Waals surface area contributed by atoms with Crippen molar-refractivity contribution in [3.8, 4) is 12.3 Å². The van der Waals surface area contributed by atoms with E-state index in [4.69, 9.17) is 15.9 Å². The van der Waals surface area contributed by atoms with E-state index < -0.39 is 23.8 Å². The molecule has 1 aliphatic heterocycles. The zero-order chi connectivity index (χ0) is 24.0. The fourth-order valence-electron chi connectivity index (χ4n) is 3.33. The summed E-state index contributed by atoms with van der Waals surface area (Å²) in [6.07, 6.45) is 8.48. The zero-order valence-corrected chi connectivity index (χ0v) is 18.7. The second-order valence-corrected chi connectivity index (χ2v) is 7.60. The molecule has 2 aromatic rings. The van der Waals surface area contributed by atoms with Crippen LogP contribution in [0.4, 0.5) is 5.69 Å². The Kier molecular flexibility index (Phi) is 7.62. The largest absolute Gasteiger partial charge is 0.462 e. The molecule has 0 unspecified atom stereocenters. The first-order chi connectivity index (χ1) is 15.9. The number of hydrogen-bond acceptors (Lipinski definition) is 6. The van der Waals surface area contributed by atoms with Crippen LogP contribution in [0, 0.1) is 12.3 Å². The lowest BCUT2D eigenvalue weighted by molar-refractivity contribution is 0.0497. The number of amides is 2. The Morgan fingerprint density at radius 2 is 1.39 bits per heavy atom. The zero-order valence-electron chi connectivity index (χ0n) is 18.7. The highest BCUT2D eigenvalue weighted by Crippen LogP contribution is 2.31. The van der Waals surface area contributed by atoms with Crippen molar-refractivity contribution in [2.75, 3.05) is 18.1 Å². The van der Waals surface area contributed by atoms with Crippen molar-refractivity contribution in [1.82, 2.24) is 0 Å². The van der Waals surface area contributed by atoms with Gasteiger partial charge in [-0.3, -0.25) is 9.59 Å². The SMILES string of the molecule is C#Cc1ccc2c(c1)C(=O)N(c1cc(C(=O)OCCCC)cc(C(=O)OCCCC)c1)C2=O. The van der Waals surface area contributed by atoms with Crippen LogP contribution in [-0.2, 0) is 9.47 Å². The van der Waals surface area contributed by atoms with Crippen molar-refractivity contribution in [2.24, 2.45) is 0 Å². The number of esters is 2. The van der Waals surface area contributed by atoms with Gasteiger partial charge < -0.3 is 9.47 Å². The van der Waals surface area contributed by atoms with Crippen LogP contribution in [0.25, 0.3) is 0 Å². The Balaban J connectivity index is 2.00. The summed E-state index contributed by atoms with van der Waals surface area (Å²) in [5.74, 6) is -0.0263. The Morgan fingerprint density at radius 1 is 0.848 bits per heavy atom. The molecule has 0 aromatic heterocycles. The minimum Gasteiger partial charge on any atom is -0.462 e. The molecule has 0 N–H and O–H groups in total. The molecule has 0 saturated heterocycles. The summed E-state index contributed by atoms with van der Waals surface area (Å²) in [7, 11) is 0. The summed E-state index contributed by atoms with van der Waals surface area (Å²) in [5, 5.41) is 0. The number of imide groups is 1. The molecule has 33 heavy (non-hydrogen) atoms. The van der Waals surface area contributed by atoms with Gasteiger partial charge in [-0.1, -0.05) is 32.6 Å². The maximum atomic E-state index is 13.1. The second-order valence-electron chi connectivity index (χ2n) is 7.60. The maximum Gasteiger partial charge on any atom is 0.338 e. The van der Waals surface area contributed by atoms with Crippen molar-refractivity contribution in [1.29, 1.82) is 0 Å². The van der Waals surface area contributed by atoms with E-state index in [2.05, 4.69) is 5.92 Å². The lowest BCUT2D eigenvalue weighted by atomic mass is 10.1. The molecule has 1 heterocycles. The first-order valence-electron chi connectivity index (χ1n) is 10.9. The molecule has 170 valence electrons. The Labute approximate surface area is 192 Å². The van der Waals surface area contributed by atoms with Crippen molar-refractivity contribution in [3.63, 3.8) is 0 Å². The molecule has 1 aliphatic rings. The Morgan fingerprint density at radius 3 is 1.91 bits per heavy atom. The molecule has 0 radical (unpaired) electrons. The third-order valence-corrected chi connectivity index (χ3v) is 5.16.